The third-order valence-corrected chi connectivity index (χ3v) is 8.03. The molecule has 10 heteroatoms. The van der Waals surface area contributed by atoms with E-state index in [0.717, 1.165) is 22.3 Å². The van der Waals surface area contributed by atoms with Crippen LogP contribution in [0.25, 0.3) is 0 Å². The van der Waals surface area contributed by atoms with Crippen molar-refractivity contribution < 1.29 is 42.2 Å². The number of carbonyl (C=O) groups is 1. The van der Waals surface area contributed by atoms with E-state index in [4.69, 9.17) is 27.8 Å². The number of aliphatic hydroxyl groups is 1. The molecule has 228 valence electrons. The standard InChI is InChI=1S/C34H33O9P/c35-21-30(43-44(37,40-24-28-17-9-3-10-18-28)41-25-29-19-11-4-12-20-29)31-32(38-22-26-13-5-1-6-14-26)33(34(36)42-31)39-23-27-15-7-2-8-16-27/h1-20,30-31,35H,21-25H2. The third kappa shape index (κ3) is 8.66. The summed E-state index contributed by atoms with van der Waals surface area (Å²) in [5.41, 5.74) is 3.11. The summed E-state index contributed by atoms with van der Waals surface area (Å²) < 4.78 is 48.9. The van der Waals surface area contributed by atoms with Crippen LogP contribution in [-0.4, -0.2) is 29.9 Å². The van der Waals surface area contributed by atoms with Crippen LogP contribution in [0, 0.1) is 0 Å². The number of phosphoric ester groups is 1. The van der Waals surface area contributed by atoms with Crippen molar-refractivity contribution in [2.45, 2.75) is 38.6 Å². The lowest BCUT2D eigenvalue weighted by molar-refractivity contribution is -0.148. The lowest BCUT2D eigenvalue weighted by atomic mass is 10.1. The van der Waals surface area contributed by atoms with E-state index in [2.05, 4.69) is 0 Å². The minimum atomic E-state index is -4.35. The molecule has 1 N–H and O–H groups in total. The normalized spacial score (nSPS) is 15.6. The number of esters is 1. The van der Waals surface area contributed by atoms with Gasteiger partial charge in [0.05, 0.1) is 19.8 Å². The van der Waals surface area contributed by atoms with E-state index in [-0.39, 0.29) is 37.9 Å². The van der Waals surface area contributed by atoms with Crippen LogP contribution in [0.2, 0.25) is 0 Å². The maximum atomic E-state index is 14.0. The number of rotatable bonds is 16. The SMILES string of the molecule is O=C1OC(C(CO)OP(=O)(OCc2ccccc2)OCc2ccccc2)C(OCc2ccccc2)=C1OCc1ccccc1. The molecule has 0 saturated heterocycles. The Bertz CT molecular complexity index is 1500. The van der Waals surface area contributed by atoms with Crippen molar-refractivity contribution in [1.82, 2.24) is 0 Å². The molecule has 1 aliphatic heterocycles. The van der Waals surface area contributed by atoms with Gasteiger partial charge in [-0.2, -0.15) is 0 Å². The van der Waals surface area contributed by atoms with Crippen molar-refractivity contribution in [2.75, 3.05) is 6.61 Å². The van der Waals surface area contributed by atoms with Gasteiger partial charge in [-0.15, -0.1) is 0 Å². The molecule has 0 aliphatic carbocycles. The van der Waals surface area contributed by atoms with Crippen LogP contribution in [0.15, 0.2) is 133 Å². The molecule has 0 spiro atoms. The van der Waals surface area contributed by atoms with Crippen molar-refractivity contribution in [3.05, 3.63) is 155 Å². The highest BCUT2D eigenvalue weighted by molar-refractivity contribution is 7.48. The summed E-state index contributed by atoms with van der Waals surface area (Å²) in [4.78, 5) is 13.1. The Kier molecular flexibility index (Phi) is 11.0. The second kappa shape index (κ2) is 15.5. The zero-order valence-corrected chi connectivity index (χ0v) is 24.8. The fraction of sp³-hybridized carbons (Fsp3) is 0.206. The Hall–Kier alpha value is -4.24. The first-order valence-electron chi connectivity index (χ1n) is 14.1. The lowest BCUT2D eigenvalue weighted by Gasteiger charge is -2.27. The van der Waals surface area contributed by atoms with E-state index in [0.29, 0.717) is 0 Å². The van der Waals surface area contributed by atoms with Gasteiger partial charge in [-0.1, -0.05) is 121 Å². The fourth-order valence-electron chi connectivity index (χ4n) is 4.34. The van der Waals surface area contributed by atoms with Gasteiger partial charge in [0.2, 0.25) is 5.76 Å². The first-order valence-corrected chi connectivity index (χ1v) is 15.5. The number of carbonyl (C=O) groups excluding carboxylic acids is 1. The van der Waals surface area contributed by atoms with Crippen LogP contribution >= 0.6 is 7.82 Å². The summed E-state index contributed by atoms with van der Waals surface area (Å²) in [6, 6.07) is 36.8. The van der Waals surface area contributed by atoms with E-state index in [1.807, 2.05) is 97.1 Å². The van der Waals surface area contributed by atoms with E-state index in [9.17, 15) is 14.5 Å². The Labute approximate surface area is 256 Å². The summed E-state index contributed by atoms with van der Waals surface area (Å²) in [5.74, 6) is -0.963. The molecule has 0 amide bonds. The summed E-state index contributed by atoms with van der Waals surface area (Å²) in [5, 5.41) is 10.4. The molecular weight excluding hydrogens is 583 g/mol. The molecule has 5 rings (SSSR count). The van der Waals surface area contributed by atoms with Crippen LogP contribution in [0.4, 0.5) is 0 Å². The number of aliphatic hydroxyl groups excluding tert-OH is 1. The quantitative estimate of drug-likeness (QED) is 0.112. The highest BCUT2D eigenvalue weighted by Crippen LogP contribution is 2.53. The van der Waals surface area contributed by atoms with Gasteiger partial charge in [0, 0.05) is 0 Å². The molecule has 0 aromatic heterocycles. The minimum absolute atomic E-state index is 0.00602. The molecule has 0 radical (unpaired) electrons. The number of hydrogen-bond donors (Lipinski definition) is 1. The predicted molar refractivity (Wildman–Crippen MR) is 161 cm³/mol. The molecule has 2 atom stereocenters. The van der Waals surface area contributed by atoms with Gasteiger partial charge in [0.1, 0.15) is 19.3 Å². The van der Waals surface area contributed by atoms with Crippen LogP contribution in [0.3, 0.4) is 0 Å². The predicted octanol–water partition coefficient (Wildman–Crippen LogP) is 6.48. The number of hydrogen-bond acceptors (Lipinski definition) is 9. The third-order valence-electron chi connectivity index (χ3n) is 6.61. The molecule has 0 fully saturated rings. The van der Waals surface area contributed by atoms with Crippen LogP contribution in [0.5, 0.6) is 0 Å². The molecule has 9 nitrogen and oxygen atoms in total. The maximum absolute atomic E-state index is 14.0. The molecule has 1 heterocycles. The van der Waals surface area contributed by atoms with Gasteiger partial charge < -0.3 is 19.3 Å². The second-order valence-electron chi connectivity index (χ2n) is 9.86. The van der Waals surface area contributed by atoms with Crippen molar-refractivity contribution in [3.63, 3.8) is 0 Å². The van der Waals surface area contributed by atoms with Crippen molar-refractivity contribution in [2.24, 2.45) is 0 Å². The Morgan fingerprint density at radius 3 is 1.48 bits per heavy atom. The number of phosphoric acid groups is 1. The zero-order valence-electron chi connectivity index (χ0n) is 23.9. The molecule has 1 aliphatic rings. The van der Waals surface area contributed by atoms with Crippen LogP contribution < -0.4 is 0 Å². The van der Waals surface area contributed by atoms with Gasteiger partial charge in [-0.05, 0) is 22.3 Å². The average molecular weight is 617 g/mol. The number of cyclic esters (lactones) is 1. The molecule has 4 aromatic carbocycles. The fourth-order valence-corrected chi connectivity index (χ4v) is 5.66. The van der Waals surface area contributed by atoms with Gasteiger partial charge in [0.25, 0.3) is 0 Å². The monoisotopic (exact) mass is 616 g/mol. The summed E-state index contributed by atoms with van der Waals surface area (Å²) in [6.45, 7) is -0.732. The van der Waals surface area contributed by atoms with Crippen LogP contribution in [0.1, 0.15) is 22.3 Å². The van der Waals surface area contributed by atoms with Gasteiger partial charge in [-0.3, -0.25) is 13.6 Å². The average Bonchev–Trinajstić information content (AvgIpc) is 3.39. The van der Waals surface area contributed by atoms with E-state index >= 15 is 0 Å². The smallest absolute Gasteiger partial charge is 0.475 e. The second-order valence-corrected chi connectivity index (χ2v) is 11.5. The van der Waals surface area contributed by atoms with Crippen molar-refractivity contribution in [3.8, 4) is 0 Å². The first kappa shape index (κ1) is 31.2. The Morgan fingerprint density at radius 2 is 1.05 bits per heavy atom. The summed E-state index contributed by atoms with van der Waals surface area (Å²) in [6.07, 6.45) is -2.67. The molecule has 4 aromatic rings. The minimum Gasteiger partial charge on any atom is -0.485 e. The Balaban J connectivity index is 1.39. The largest absolute Gasteiger partial charge is 0.485 e. The van der Waals surface area contributed by atoms with E-state index in [1.165, 1.54) is 0 Å². The molecule has 44 heavy (non-hydrogen) atoms. The van der Waals surface area contributed by atoms with Gasteiger partial charge in [0.15, 0.2) is 11.9 Å². The summed E-state index contributed by atoms with van der Waals surface area (Å²) >= 11 is 0. The number of benzene rings is 4. The van der Waals surface area contributed by atoms with Crippen molar-refractivity contribution in [1.29, 1.82) is 0 Å². The molecular formula is C34H33O9P. The van der Waals surface area contributed by atoms with Gasteiger partial charge in [-0.25, -0.2) is 9.36 Å². The maximum Gasteiger partial charge on any atom is 0.475 e. The molecule has 0 saturated carbocycles. The highest BCUT2D eigenvalue weighted by Gasteiger charge is 2.46. The van der Waals surface area contributed by atoms with Crippen molar-refractivity contribution >= 4 is 13.8 Å². The first-order chi connectivity index (χ1) is 21.5. The summed E-state index contributed by atoms with van der Waals surface area (Å²) in [7, 11) is -4.35. The molecule has 0 bridgehead atoms. The number of ether oxygens (including phenoxy) is 3. The van der Waals surface area contributed by atoms with Crippen LogP contribution in [-0.2, 0) is 63.6 Å². The topological polar surface area (TPSA) is 110 Å². The van der Waals surface area contributed by atoms with E-state index in [1.54, 1.807) is 24.3 Å². The zero-order chi connectivity index (χ0) is 30.6. The van der Waals surface area contributed by atoms with E-state index < -0.39 is 32.6 Å². The highest BCUT2D eigenvalue weighted by atomic mass is 31.2. The lowest BCUT2D eigenvalue weighted by Crippen LogP contribution is -2.35. The molecule has 2 unspecified atom stereocenters. The Morgan fingerprint density at radius 1 is 0.636 bits per heavy atom. The van der Waals surface area contributed by atoms with Gasteiger partial charge >= 0.3 is 13.8 Å².